The van der Waals surface area contributed by atoms with Gasteiger partial charge < -0.3 is 37.4 Å². The zero-order valence-electron chi connectivity index (χ0n) is 37.5. The lowest BCUT2D eigenvalue weighted by molar-refractivity contribution is -0.120. The summed E-state index contributed by atoms with van der Waals surface area (Å²) in [6, 6.07) is 37.6. The smallest absolute Gasteiger partial charge is 0.339 e. The molecule has 0 aliphatic carbocycles. The molecule has 0 saturated carbocycles. The highest BCUT2D eigenvalue weighted by molar-refractivity contribution is 5.99. The molecule has 2 aromatic heterocycles. The number of amides is 3. The predicted octanol–water partition coefficient (Wildman–Crippen LogP) is 6.76. The van der Waals surface area contributed by atoms with Crippen molar-refractivity contribution in [1.82, 2.24) is 25.9 Å². The van der Waals surface area contributed by atoms with E-state index in [4.69, 9.17) is 5.73 Å². The van der Waals surface area contributed by atoms with E-state index >= 15 is 0 Å². The Morgan fingerprint density at radius 1 is 0.667 bits per heavy atom. The molecule has 8 N–H and O–H groups in total. The molecule has 3 amide bonds. The van der Waals surface area contributed by atoms with Crippen LogP contribution in [0.4, 0.5) is 20.4 Å². The number of nitrogens with one attached hydrogen (secondary N) is 5. The van der Waals surface area contributed by atoms with Crippen LogP contribution in [0.25, 0.3) is 22.5 Å². The largest absolute Gasteiger partial charge is 0.478 e. The van der Waals surface area contributed by atoms with Crippen LogP contribution >= 0.6 is 0 Å². The third kappa shape index (κ3) is 14.5. The SMILES string of the molecule is N#Cc1ccccc1-c1ccc(C(=O)NC[C@H]2CCC(=O)N2)c(NCCc2cccc(F)c2)n1.N#Cc1ccccc1-c1ccc(C(=O)O)c(NCCc2cccc(F)c2)n1.NC[C@H]1CCC(=O)N1. The highest BCUT2D eigenvalue weighted by atomic mass is 19.1. The summed E-state index contributed by atoms with van der Waals surface area (Å²) in [6.07, 6.45) is 3.75. The number of nitriles is 2. The number of carboxylic acids is 1. The van der Waals surface area contributed by atoms with Crippen LogP contribution in [0.2, 0.25) is 0 Å². The van der Waals surface area contributed by atoms with Crippen LogP contribution in [0.5, 0.6) is 0 Å². The van der Waals surface area contributed by atoms with Gasteiger partial charge in [-0.3, -0.25) is 14.4 Å². The summed E-state index contributed by atoms with van der Waals surface area (Å²) in [6.45, 7) is 1.72. The summed E-state index contributed by atoms with van der Waals surface area (Å²) >= 11 is 0. The fraction of sp³-hybridized carbons (Fsp3) is 0.231. The summed E-state index contributed by atoms with van der Waals surface area (Å²) in [5.74, 6) is -1.32. The lowest BCUT2D eigenvalue weighted by atomic mass is 10.0. The average Bonchev–Trinajstić information content (AvgIpc) is 4.00. The van der Waals surface area contributed by atoms with E-state index in [0.717, 1.165) is 17.5 Å². The van der Waals surface area contributed by atoms with Gasteiger partial charge in [0.1, 0.15) is 28.8 Å². The van der Waals surface area contributed by atoms with Crippen LogP contribution in [0.15, 0.2) is 121 Å². The first-order valence-electron chi connectivity index (χ1n) is 22.2. The molecule has 2 fully saturated rings. The molecule has 15 nitrogen and oxygen atoms in total. The lowest BCUT2D eigenvalue weighted by Gasteiger charge is -2.15. The number of rotatable bonds is 15. The molecule has 8 rings (SSSR count). The van der Waals surface area contributed by atoms with Crippen molar-refractivity contribution in [3.8, 4) is 34.7 Å². The van der Waals surface area contributed by atoms with Gasteiger partial charge in [-0.15, -0.1) is 0 Å². The summed E-state index contributed by atoms with van der Waals surface area (Å²) in [7, 11) is 0. The molecule has 17 heteroatoms. The Hall–Kier alpha value is -8.54. The number of aromatic carboxylic acids is 1. The third-order valence-corrected chi connectivity index (χ3v) is 11.1. The van der Waals surface area contributed by atoms with Crippen molar-refractivity contribution in [2.45, 2.75) is 50.6 Å². The van der Waals surface area contributed by atoms with Crippen molar-refractivity contribution < 1.29 is 33.1 Å². The fourth-order valence-corrected chi connectivity index (χ4v) is 7.48. The number of nitrogens with zero attached hydrogens (tertiary/aromatic N) is 4. The summed E-state index contributed by atoms with van der Waals surface area (Å²) < 4.78 is 26.8. The zero-order chi connectivity index (χ0) is 49.1. The number of carbonyl (C=O) groups excluding carboxylic acids is 3. The number of halogens is 2. The van der Waals surface area contributed by atoms with E-state index < -0.39 is 5.97 Å². The molecule has 6 aromatic rings. The Morgan fingerprint density at radius 2 is 1.14 bits per heavy atom. The molecule has 2 aliphatic rings. The van der Waals surface area contributed by atoms with Crippen molar-refractivity contribution >= 4 is 35.3 Å². The highest BCUT2D eigenvalue weighted by Gasteiger charge is 2.23. The van der Waals surface area contributed by atoms with Crippen LogP contribution in [-0.2, 0) is 22.4 Å². The van der Waals surface area contributed by atoms with Crippen molar-refractivity contribution in [2.24, 2.45) is 5.73 Å². The quantitative estimate of drug-likeness (QED) is 0.0565. The number of nitrogens with two attached hydrogens (primary N) is 1. The van der Waals surface area contributed by atoms with Crippen LogP contribution in [-0.4, -0.2) is 77.0 Å². The number of carbonyl (C=O) groups is 4. The molecule has 4 aromatic carbocycles. The summed E-state index contributed by atoms with van der Waals surface area (Å²) in [4.78, 5) is 55.3. The van der Waals surface area contributed by atoms with E-state index in [1.54, 1.807) is 78.9 Å². The number of benzene rings is 4. The second kappa shape index (κ2) is 24.8. The van der Waals surface area contributed by atoms with Gasteiger partial charge in [-0.05, 0) is 97.5 Å². The Morgan fingerprint density at radius 3 is 1.58 bits per heavy atom. The molecular formula is C52H50F2N10O5. The number of hydrogen-bond acceptors (Lipinski definition) is 11. The standard InChI is InChI=1S/C26H24FN5O2.C21H16FN3O2.C5H10N2O/c27-19-6-3-4-17(14-19)12-13-29-25-22(26(34)30-16-20-8-11-24(33)31-20)9-10-23(32-25)21-7-2-1-5-18(21)15-28;22-16-6-3-4-14(12-16)10-11-24-20-18(21(26)27)8-9-19(25-20)17-7-2-1-5-15(17)13-23;6-3-4-1-2-5(8)7-4/h1-7,9-10,14,20H,8,11-13,16H2,(H,29,32)(H,30,34)(H,31,33);1-9,12H,10-11H2,(H,24,25)(H,26,27);4H,1-3,6H2,(H,7,8)/t20-;;4-/m1.1/s1. The van der Waals surface area contributed by atoms with E-state index in [0.29, 0.717) is 103 Å². The fourth-order valence-electron chi connectivity index (χ4n) is 7.48. The Bertz CT molecular complexity index is 2880. The summed E-state index contributed by atoms with van der Waals surface area (Å²) in [5.41, 5.74) is 10.6. The maximum atomic E-state index is 13.5. The second-order valence-corrected chi connectivity index (χ2v) is 16.0. The molecule has 0 spiro atoms. The Balaban J connectivity index is 0.000000199. The number of pyridine rings is 2. The van der Waals surface area contributed by atoms with Gasteiger partial charge in [0.25, 0.3) is 5.91 Å². The van der Waals surface area contributed by atoms with Crippen LogP contribution < -0.4 is 32.3 Å². The number of hydrogen-bond donors (Lipinski definition) is 7. The van der Waals surface area contributed by atoms with Crippen molar-refractivity contribution in [1.29, 1.82) is 10.5 Å². The monoisotopic (exact) mass is 932 g/mol. The maximum Gasteiger partial charge on any atom is 0.339 e. The van der Waals surface area contributed by atoms with Crippen molar-refractivity contribution in [2.75, 3.05) is 36.8 Å². The maximum absolute atomic E-state index is 13.5. The Labute approximate surface area is 397 Å². The first-order chi connectivity index (χ1) is 33.4. The normalized spacial score (nSPS) is 14.6. The van der Waals surface area contributed by atoms with E-state index in [1.165, 1.54) is 30.3 Å². The molecule has 2 saturated heterocycles. The second-order valence-electron chi connectivity index (χ2n) is 16.0. The lowest BCUT2D eigenvalue weighted by Crippen LogP contribution is -2.38. The first kappa shape index (κ1) is 49.9. The molecule has 4 heterocycles. The number of carboxylic acid groups (broad SMARTS) is 1. The Kier molecular flexibility index (Phi) is 18.0. The molecule has 0 radical (unpaired) electrons. The van der Waals surface area contributed by atoms with Crippen molar-refractivity contribution in [3.63, 3.8) is 0 Å². The van der Waals surface area contributed by atoms with Crippen molar-refractivity contribution in [3.05, 3.63) is 166 Å². The van der Waals surface area contributed by atoms with Gasteiger partial charge >= 0.3 is 5.97 Å². The van der Waals surface area contributed by atoms with Gasteiger partial charge in [-0.25, -0.2) is 23.5 Å². The van der Waals surface area contributed by atoms with E-state index in [-0.39, 0.29) is 52.8 Å². The van der Waals surface area contributed by atoms with E-state index in [2.05, 4.69) is 48.7 Å². The third-order valence-electron chi connectivity index (χ3n) is 11.1. The van der Waals surface area contributed by atoms with E-state index in [9.17, 15) is 43.6 Å². The van der Waals surface area contributed by atoms with Gasteiger partial charge in [-0.2, -0.15) is 10.5 Å². The predicted molar refractivity (Wildman–Crippen MR) is 257 cm³/mol. The highest BCUT2D eigenvalue weighted by Crippen LogP contribution is 2.27. The van der Waals surface area contributed by atoms with Crippen LogP contribution in [0.1, 0.15) is 68.7 Å². The summed E-state index contributed by atoms with van der Waals surface area (Å²) in [5, 5.41) is 42.8. The molecule has 352 valence electrons. The molecule has 0 unspecified atom stereocenters. The topological polar surface area (TPSA) is 248 Å². The van der Waals surface area contributed by atoms with Gasteiger partial charge in [0, 0.05) is 62.2 Å². The van der Waals surface area contributed by atoms with Crippen LogP contribution in [0, 0.1) is 34.3 Å². The molecule has 2 atom stereocenters. The molecule has 2 aliphatic heterocycles. The van der Waals surface area contributed by atoms with Gasteiger partial charge in [-0.1, -0.05) is 60.7 Å². The minimum Gasteiger partial charge on any atom is -0.478 e. The molecule has 0 bridgehead atoms. The van der Waals surface area contributed by atoms with Gasteiger partial charge in [0.05, 0.1) is 40.2 Å². The minimum atomic E-state index is -1.10. The number of aromatic nitrogens is 2. The molecular weight excluding hydrogens is 883 g/mol. The van der Waals surface area contributed by atoms with Gasteiger partial charge in [0.2, 0.25) is 11.8 Å². The van der Waals surface area contributed by atoms with E-state index in [1.807, 2.05) is 12.1 Å². The van der Waals surface area contributed by atoms with Crippen LogP contribution in [0.3, 0.4) is 0 Å². The van der Waals surface area contributed by atoms with Gasteiger partial charge in [0.15, 0.2) is 0 Å². The minimum absolute atomic E-state index is 0.0128. The zero-order valence-corrected chi connectivity index (χ0v) is 37.5. The number of anilines is 2. The first-order valence-corrected chi connectivity index (χ1v) is 22.2. The molecule has 69 heavy (non-hydrogen) atoms. The average molecular weight is 933 g/mol.